The topological polar surface area (TPSA) is 281 Å². The first-order chi connectivity index (χ1) is 39.8. The maximum absolute atomic E-state index is 14.3. The van der Waals surface area contributed by atoms with Gasteiger partial charge in [-0.05, 0) is 48.5 Å². The average molecular weight is 1240 g/mol. The normalized spacial score (nSPS) is 16.7. The average Bonchev–Trinajstić information content (AvgIpc) is 2.06. The van der Waals surface area contributed by atoms with Gasteiger partial charge in [0.05, 0.1) is 66.9 Å². The summed E-state index contributed by atoms with van der Waals surface area (Å²) in [5.74, 6) is -2.14. The molecule has 2 aliphatic rings. The minimum Gasteiger partial charge on any atom is -0.550 e. The number of nitrogens with zero attached hydrogens (tertiary/aromatic N) is 4. The number of fused-ring (bicyclic) bond motifs is 2. The molecule has 0 radical (unpaired) electrons. The molecule has 2 aliphatic heterocycles. The molecule has 2 aromatic heterocycles. The number of aliphatic carboxylic acids is 2. The van der Waals surface area contributed by atoms with Crippen LogP contribution in [-0.4, -0.2) is 150 Å². The van der Waals surface area contributed by atoms with Gasteiger partial charge in [-0.25, -0.2) is 9.97 Å². The molecule has 0 unspecified atom stereocenters. The van der Waals surface area contributed by atoms with Gasteiger partial charge < -0.3 is 76.3 Å². The smallest absolute Gasteiger partial charge is 0.550 e. The first-order valence-corrected chi connectivity index (χ1v) is 27.1. The zero-order chi connectivity index (χ0) is 61.2. The summed E-state index contributed by atoms with van der Waals surface area (Å²) in [6.45, 7) is 10.6. The second-order valence-corrected chi connectivity index (χ2v) is 22.1. The number of carboxylic acid groups (broad SMARTS) is 2. The Kier molecular flexibility index (Phi) is 23.3. The summed E-state index contributed by atoms with van der Waals surface area (Å²) in [5.41, 5.74) is 2.15. The van der Waals surface area contributed by atoms with E-state index < -0.39 is 83.8 Å². The largest absolute Gasteiger partial charge is 2.00 e. The van der Waals surface area contributed by atoms with E-state index in [0.717, 1.165) is 0 Å². The molecule has 4 heterocycles. The summed E-state index contributed by atoms with van der Waals surface area (Å²) < 4.78 is 57.4. The van der Waals surface area contributed by atoms with Crippen LogP contribution in [-0.2, 0) is 73.4 Å². The van der Waals surface area contributed by atoms with Crippen LogP contribution in [0.4, 0.5) is 11.4 Å². The fraction of sp³-hybridized carbons (Fsp3) is 0.400. The van der Waals surface area contributed by atoms with Gasteiger partial charge in [-0.1, -0.05) is 75.2 Å². The van der Waals surface area contributed by atoms with Crippen molar-refractivity contribution in [2.24, 2.45) is 10.8 Å². The number of benzene rings is 4. The van der Waals surface area contributed by atoms with Crippen molar-refractivity contribution in [3.05, 3.63) is 141 Å². The van der Waals surface area contributed by atoms with E-state index in [0.29, 0.717) is 66.7 Å². The number of anilines is 2. The number of para-hydroxylation sites is 2. The SMILES string of the molecule is COc1cccc([C@H]2O[C@H](Cc3ncc(CC(=O)[O-])o3)C(=O)N(CC(C)(C)COC(C)=O)c3ccc(Cl)cc32)c1OC.COc1cccc([C@H]2O[C@H](Cc3ncc(CC(=O)[O-])o3)C(=O)N(CC(C)(C)COC(C)=O)c3ccc(Cl)cc32)c1OC.[Ca+2]. The molecule has 2 amide bonds. The van der Waals surface area contributed by atoms with Crippen molar-refractivity contribution < 1.29 is 85.7 Å². The first kappa shape index (κ1) is 67.2. The summed E-state index contributed by atoms with van der Waals surface area (Å²) in [6, 6.07) is 21.0. The third-order valence-corrected chi connectivity index (χ3v) is 13.8. The van der Waals surface area contributed by atoms with E-state index in [1.807, 2.05) is 39.8 Å². The molecule has 25 heteroatoms. The molecule has 4 aromatic carbocycles. The molecular formula is C60H64CaCl2N4O18. The Labute approximate surface area is 530 Å². The number of esters is 2. The van der Waals surface area contributed by atoms with Gasteiger partial charge >= 0.3 is 49.7 Å². The molecule has 8 rings (SSSR count). The minimum atomic E-state index is -1.32. The van der Waals surface area contributed by atoms with E-state index in [-0.39, 0.29) is 100 Å². The van der Waals surface area contributed by atoms with Crippen LogP contribution >= 0.6 is 23.2 Å². The Bertz CT molecular complexity index is 3160. The number of amides is 2. The fourth-order valence-electron chi connectivity index (χ4n) is 9.65. The van der Waals surface area contributed by atoms with Gasteiger partial charge in [0.1, 0.15) is 35.9 Å². The van der Waals surface area contributed by atoms with Crippen molar-refractivity contribution in [2.45, 2.75) is 91.6 Å². The molecule has 0 saturated heterocycles. The summed E-state index contributed by atoms with van der Waals surface area (Å²) in [6.07, 6.45) is -2.52. The van der Waals surface area contributed by atoms with Gasteiger partial charge in [0.15, 0.2) is 34.8 Å². The molecule has 0 spiro atoms. The van der Waals surface area contributed by atoms with Crippen molar-refractivity contribution in [1.29, 1.82) is 0 Å². The van der Waals surface area contributed by atoms with Crippen molar-refractivity contribution in [3.63, 3.8) is 0 Å². The number of oxazole rings is 2. The number of carbonyl (C=O) groups excluding carboxylic acids is 6. The molecule has 85 heavy (non-hydrogen) atoms. The molecule has 0 aliphatic carbocycles. The van der Waals surface area contributed by atoms with Crippen molar-refractivity contribution >= 4 is 108 Å². The summed E-state index contributed by atoms with van der Waals surface area (Å²) in [5, 5.41) is 23.0. The molecule has 0 bridgehead atoms. The van der Waals surface area contributed by atoms with Gasteiger partial charge in [0, 0.05) is 106 Å². The second kappa shape index (κ2) is 29.5. The minimum absolute atomic E-state index is 0. The zero-order valence-corrected chi connectivity index (χ0v) is 52.4. The molecule has 0 fully saturated rings. The van der Waals surface area contributed by atoms with Crippen molar-refractivity contribution in [2.75, 3.05) is 64.5 Å². The van der Waals surface area contributed by atoms with Crippen LogP contribution in [0.5, 0.6) is 23.0 Å². The molecular weight excluding hydrogens is 1180 g/mol. The standard InChI is InChI=1S/2C30H33ClN2O9.Ca/c2*1-17(34)40-16-30(2,3)15-33-22-10-9-18(31)11-21(22)27(20-7-6-8-23(38-4)28(20)39-5)42-24(29(33)37)13-25-32-14-19(41-25)12-26(35)36;/h2*6-11,14,24,27H,12-13,15-16H2,1-5H3,(H,35,36);/q;;+2/p-2/t2*24-,27-;/m11./s1. The van der Waals surface area contributed by atoms with E-state index in [4.69, 9.17) is 69.9 Å². The van der Waals surface area contributed by atoms with Crippen molar-refractivity contribution in [1.82, 2.24) is 9.97 Å². The third kappa shape index (κ3) is 17.2. The van der Waals surface area contributed by atoms with Gasteiger partial charge in [-0.3, -0.25) is 19.2 Å². The Morgan fingerprint density at radius 3 is 1.28 bits per heavy atom. The number of carbonyl (C=O) groups is 6. The first-order valence-electron chi connectivity index (χ1n) is 26.3. The van der Waals surface area contributed by atoms with Gasteiger partial charge in [0.25, 0.3) is 11.8 Å². The number of hydrogen-bond acceptors (Lipinski definition) is 20. The predicted molar refractivity (Wildman–Crippen MR) is 305 cm³/mol. The number of rotatable bonds is 22. The van der Waals surface area contributed by atoms with Gasteiger partial charge in [0.2, 0.25) is 0 Å². The summed E-state index contributed by atoms with van der Waals surface area (Å²) >= 11 is 13.0. The molecule has 4 atom stereocenters. The van der Waals surface area contributed by atoms with Crippen LogP contribution in [0.3, 0.4) is 0 Å². The number of hydrogen-bond donors (Lipinski definition) is 0. The zero-order valence-electron chi connectivity index (χ0n) is 48.6. The van der Waals surface area contributed by atoms with E-state index in [2.05, 4.69) is 9.97 Å². The van der Waals surface area contributed by atoms with Crippen LogP contribution in [0.25, 0.3) is 0 Å². The van der Waals surface area contributed by atoms with E-state index in [1.165, 1.54) is 54.7 Å². The number of halogens is 2. The van der Waals surface area contributed by atoms with Crippen molar-refractivity contribution in [3.8, 4) is 23.0 Å². The number of ether oxygens (including phenoxy) is 8. The molecule has 448 valence electrons. The molecule has 0 N–H and O–H groups in total. The van der Waals surface area contributed by atoms with E-state index in [9.17, 15) is 39.0 Å². The van der Waals surface area contributed by atoms with Crippen LogP contribution in [0.15, 0.2) is 94.0 Å². The molecule has 22 nitrogen and oxygen atoms in total. The number of methoxy groups -OCH3 is 4. The Morgan fingerprint density at radius 1 is 0.576 bits per heavy atom. The van der Waals surface area contributed by atoms with E-state index >= 15 is 0 Å². The Hall–Kier alpha value is -6.92. The van der Waals surface area contributed by atoms with Crippen LogP contribution in [0.1, 0.15) is 99.3 Å². The monoisotopic (exact) mass is 1240 g/mol. The predicted octanol–water partition coefficient (Wildman–Crippen LogP) is 6.20. The van der Waals surface area contributed by atoms with Crippen LogP contribution in [0.2, 0.25) is 10.0 Å². The number of aromatic nitrogens is 2. The fourth-order valence-corrected chi connectivity index (χ4v) is 10.0. The maximum atomic E-state index is 14.3. The molecule has 0 saturated carbocycles. The van der Waals surface area contributed by atoms with Gasteiger partial charge in [-0.15, -0.1) is 0 Å². The Morgan fingerprint density at radius 2 is 0.953 bits per heavy atom. The third-order valence-electron chi connectivity index (χ3n) is 13.3. The quantitative estimate of drug-likeness (QED) is 0.0540. The van der Waals surface area contributed by atoms with Crippen LogP contribution in [0, 0.1) is 10.8 Å². The maximum Gasteiger partial charge on any atom is 2.00 e. The summed E-state index contributed by atoms with van der Waals surface area (Å²) in [7, 11) is 6.06. The number of carboxylic acids is 2. The van der Waals surface area contributed by atoms with E-state index in [1.54, 1.807) is 70.5 Å². The van der Waals surface area contributed by atoms with Gasteiger partial charge in [-0.2, -0.15) is 0 Å². The Balaban J connectivity index is 0.000000269. The summed E-state index contributed by atoms with van der Waals surface area (Å²) in [4.78, 5) is 85.3. The van der Waals surface area contributed by atoms with Crippen LogP contribution < -0.4 is 39.0 Å². The second-order valence-electron chi connectivity index (χ2n) is 21.3. The molecule has 6 aromatic rings.